The smallest absolute Gasteiger partial charge is 0.000528 e. The first-order valence-corrected chi connectivity index (χ1v) is 6.45. The zero-order valence-corrected chi connectivity index (χ0v) is 10.5. The van der Waals surface area contributed by atoms with Crippen LogP contribution >= 0.6 is 0 Å². The van der Waals surface area contributed by atoms with Gasteiger partial charge in [0.05, 0.1) is 0 Å². The molecule has 0 spiro atoms. The van der Waals surface area contributed by atoms with Gasteiger partial charge in [-0.25, -0.2) is 0 Å². The second-order valence-corrected chi connectivity index (χ2v) is 6.24. The zero-order chi connectivity index (χ0) is 10.9. The molecular weight excluding hydrogens is 182 g/mol. The summed E-state index contributed by atoms with van der Waals surface area (Å²) in [5.41, 5.74) is 2.25. The monoisotopic (exact) mass is 207 g/mol. The van der Waals surface area contributed by atoms with E-state index in [1.54, 1.807) is 5.57 Å². The number of allylic oxidation sites excluding steroid dienone is 2. The summed E-state index contributed by atoms with van der Waals surface area (Å²) in [6.45, 7) is 9.49. The van der Waals surface area contributed by atoms with Crippen molar-refractivity contribution in [3.05, 3.63) is 11.6 Å². The largest absolute Gasteiger partial charge is 0.316 e. The van der Waals surface area contributed by atoms with E-state index in [9.17, 15) is 0 Å². The number of rotatable bonds is 4. The molecule has 0 bridgehead atoms. The average molecular weight is 207 g/mol. The third-order valence-electron chi connectivity index (χ3n) is 3.97. The first-order chi connectivity index (χ1) is 7.07. The van der Waals surface area contributed by atoms with Crippen molar-refractivity contribution in [2.45, 2.75) is 46.5 Å². The van der Waals surface area contributed by atoms with Crippen LogP contribution in [0.15, 0.2) is 11.6 Å². The maximum Gasteiger partial charge on any atom is 0.000528 e. The van der Waals surface area contributed by atoms with E-state index in [-0.39, 0.29) is 0 Å². The standard InChI is InChI=1S/C14H25N/c1-11-6-12(2)8-13(7-11)9-15-10-14(3)4-5-14/h6,11,13,15H,4-5,7-10H2,1-3H3. The summed E-state index contributed by atoms with van der Waals surface area (Å²) >= 11 is 0. The van der Waals surface area contributed by atoms with Crippen molar-refractivity contribution < 1.29 is 0 Å². The van der Waals surface area contributed by atoms with Gasteiger partial charge in [0.1, 0.15) is 0 Å². The van der Waals surface area contributed by atoms with Crippen molar-refractivity contribution in [3.63, 3.8) is 0 Å². The molecule has 1 saturated carbocycles. The average Bonchev–Trinajstić information content (AvgIpc) is 2.82. The Bertz CT molecular complexity index is 250. The Morgan fingerprint density at radius 3 is 2.80 bits per heavy atom. The van der Waals surface area contributed by atoms with E-state index in [0.717, 1.165) is 11.8 Å². The molecule has 0 aromatic rings. The Kier molecular flexibility index (Phi) is 3.20. The molecule has 0 aromatic carbocycles. The minimum atomic E-state index is 0.658. The molecule has 2 unspecified atom stereocenters. The fourth-order valence-corrected chi connectivity index (χ4v) is 2.81. The second-order valence-electron chi connectivity index (χ2n) is 6.24. The van der Waals surface area contributed by atoms with Crippen molar-refractivity contribution in [2.24, 2.45) is 17.3 Å². The first-order valence-electron chi connectivity index (χ1n) is 6.45. The van der Waals surface area contributed by atoms with Gasteiger partial charge in [0.2, 0.25) is 0 Å². The van der Waals surface area contributed by atoms with Gasteiger partial charge in [0.25, 0.3) is 0 Å². The lowest BCUT2D eigenvalue weighted by Gasteiger charge is -2.26. The highest BCUT2D eigenvalue weighted by Gasteiger charge is 2.36. The van der Waals surface area contributed by atoms with Crippen LogP contribution in [0, 0.1) is 17.3 Å². The number of hydrogen-bond donors (Lipinski definition) is 1. The molecule has 0 aromatic heterocycles. The third kappa shape index (κ3) is 3.34. The molecule has 1 fully saturated rings. The van der Waals surface area contributed by atoms with Crippen LogP contribution in [0.1, 0.15) is 46.5 Å². The molecule has 0 heterocycles. The predicted octanol–water partition coefficient (Wildman–Crippen LogP) is 3.37. The van der Waals surface area contributed by atoms with Crippen molar-refractivity contribution in [2.75, 3.05) is 13.1 Å². The highest BCUT2D eigenvalue weighted by atomic mass is 14.9. The van der Waals surface area contributed by atoms with E-state index >= 15 is 0 Å². The van der Waals surface area contributed by atoms with Crippen molar-refractivity contribution in [3.8, 4) is 0 Å². The molecule has 0 amide bonds. The molecule has 2 atom stereocenters. The Morgan fingerprint density at radius 2 is 2.20 bits per heavy atom. The third-order valence-corrected chi connectivity index (χ3v) is 3.97. The summed E-state index contributed by atoms with van der Waals surface area (Å²) in [7, 11) is 0. The highest BCUT2D eigenvalue weighted by Crippen LogP contribution is 2.44. The summed E-state index contributed by atoms with van der Waals surface area (Å²) in [6, 6.07) is 0. The molecule has 1 nitrogen and oxygen atoms in total. The molecule has 2 aliphatic carbocycles. The van der Waals surface area contributed by atoms with Gasteiger partial charge in [-0.05, 0) is 56.4 Å². The molecule has 0 radical (unpaired) electrons. The Hall–Kier alpha value is -0.300. The van der Waals surface area contributed by atoms with Crippen LogP contribution in [0.25, 0.3) is 0 Å². The summed E-state index contributed by atoms with van der Waals surface area (Å²) in [5.74, 6) is 1.68. The summed E-state index contributed by atoms with van der Waals surface area (Å²) in [6.07, 6.45) is 7.99. The Morgan fingerprint density at radius 1 is 1.47 bits per heavy atom. The summed E-state index contributed by atoms with van der Waals surface area (Å²) < 4.78 is 0. The van der Waals surface area contributed by atoms with Gasteiger partial charge in [-0.2, -0.15) is 0 Å². The zero-order valence-electron chi connectivity index (χ0n) is 10.5. The predicted molar refractivity (Wildman–Crippen MR) is 65.9 cm³/mol. The van der Waals surface area contributed by atoms with Gasteiger partial charge < -0.3 is 5.32 Å². The number of nitrogens with one attached hydrogen (secondary N) is 1. The van der Waals surface area contributed by atoms with Crippen LogP contribution in [0.2, 0.25) is 0 Å². The molecule has 15 heavy (non-hydrogen) atoms. The SMILES string of the molecule is CC1=CC(C)CC(CNCC2(C)CC2)C1. The van der Waals surface area contributed by atoms with Gasteiger partial charge in [-0.1, -0.05) is 25.5 Å². The van der Waals surface area contributed by atoms with Crippen LogP contribution in [0.3, 0.4) is 0 Å². The molecule has 2 aliphatic rings. The lowest BCUT2D eigenvalue weighted by Crippen LogP contribution is -2.30. The minimum Gasteiger partial charge on any atom is -0.316 e. The van der Waals surface area contributed by atoms with Crippen molar-refractivity contribution in [1.29, 1.82) is 0 Å². The normalized spacial score (nSPS) is 33.7. The summed E-state index contributed by atoms with van der Waals surface area (Å²) in [5, 5.41) is 3.67. The van der Waals surface area contributed by atoms with Crippen LogP contribution in [0.4, 0.5) is 0 Å². The van der Waals surface area contributed by atoms with E-state index in [1.807, 2.05) is 0 Å². The lowest BCUT2D eigenvalue weighted by atomic mass is 9.83. The minimum absolute atomic E-state index is 0.658. The van der Waals surface area contributed by atoms with Crippen LogP contribution in [-0.2, 0) is 0 Å². The fraction of sp³-hybridized carbons (Fsp3) is 0.857. The van der Waals surface area contributed by atoms with E-state index in [0.29, 0.717) is 5.41 Å². The highest BCUT2D eigenvalue weighted by molar-refractivity contribution is 5.06. The van der Waals surface area contributed by atoms with Gasteiger partial charge >= 0.3 is 0 Å². The summed E-state index contributed by atoms with van der Waals surface area (Å²) in [4.78, 5) is 0. The maximum absolute atomic E-state index is 3.67. The van der Waals surface area contributed by atoms with Crippen molar-refractivity contribution in [1.82, 2.24) is 5.32 Å². The molecule has 0 aliphatic heterocycles. The number of hydrogen-bond acceptors (Lipinski definition) is 1. The fourth-order valence-electron chi connectivity index (χ4n) is 2.81. The first kappa shape index (κ1) is 11.2. The topological polar surface area (TPSA) is 12.0 Å². The van der Waals surface area contributed by atoms with Crippen molar-refractivity contribution >= 4 is 0 Å². The molecule has 2 rings (SSSR count). The molecule has 1 heteroatoms. The van der Waals surface area contributed by atoms with Gasteiger partial charge in [0.15, 0.2) is 0 Å². The van der Waals surface area contributed by atoms with Gasteiger partial charge in [-0.15, -0.1) is 0 Å². The van der Waals surface area contributed by atoms with Crippen LogP contribution in [0.5, 0.6) is 0 Å². The quantitative estimate of drug-likeness (QED) is 0.697. The van der Waals surface area contributed by atoms with Gasteiger partial charge in [0, 0.05) is 6.54 Å². The molecule has 1 N–H and O–H groups in total. The molecular formula is C14H25N. The maximum atomic E-state index is 3.67. The van der Waals surface area contributed by atoms with E-state index < -0.39 is 0 Å². The van der Waals surface area contributed by atoms with E-state index in [1.165, 1.54) is 38.8 Å². The Balaban J connectivity index is 1.69. The van der Waals surface area contributed by atoms with Crippen LogP contribution < -0.4 is 5.32 Å². The van der Waals surface area contributed by atoms with E-state index in [2.05, 4.69) is 32.2 Å². The second kappa shape index (κ2) is 4.29. The van der Waals surface area contributed by atoms with E-state index in [4.69, 9.17) is 0 Å². The van der Waals surface area contributed by atoms with Gasteiger partial charge in [-0.3, -0.25) is 0 Å². The molecule has 86 valence electrons. The van der Waals surface area contributed by atoms with Crippen LogP contribution in [-0.4, -0.2) is 13.1 Å². The molecule has 0 saturated heterocycles. The Labute approximate surface area is 94.3 Å². The lowest BCUT2D eigenvalue weighted by molar-refractivity contribution is 0.365.